The van der Waals surface area contributed by atoms with Crippen LogP contribution in [0.25, 0.3) is 32.3 Å². The van der Waals surface area contributed by atoms with Gasteiger partial charge in [-0.05, 0) is 40.1 Å². The van der Waals surface area contributed by atoms with Crippen LogP contribution >= 0.6 is 0 Å². The number of hydrogen-bond donors (Lipinski definition) is 0. The highest BCUT2D eigenvalue weighted by atomic mass is 19.1. The van der Waals surface area contributed by atoms with Gasteiger partial charge in [0.2, 0.25) is 0 Å². The molecule has 4 aromatic rings. The molecular weight excluding hydrogens is 247 g/mol. The van der Waals surface area contributed by atoms with Crippen molar-refractivity contribution in [3.8, 4) is 0 Å². The Morgan fingerprint density at radius 1 is 0.600 bits per heavy atom. The van der Waals surface area contributed by atoms with E-state index >= 15 is 0 Å². The Balaban J connectivity index is 2.43. The molecule has 0 unspecified atom stereocenters. The van der Waals surface area contributed by atoms with Crippen LogP contribution in [0.2, 0.25) is 0 Å². The Hall–Kier alpha value is -2.41. The molecule has 4 rings (SSSR count). The average molecular weight is 260 g/mol. The average Bonchev–Trinajstić information content (AvgIpc) is 2.47. The number of benzene rings is 4. The van der Waals surface area contributed by atoms with Crippen LogP contribution in [0.4, 0.5) is 4.39 Å². The minimum atomic E-state index is -0.149. The fourth-order valence-corrected chi connectivity index (χ4v) is 3.11. The van der Waals surface area contributed by atoms with Gasteiger partial charge in [0.15, 0.2) is 0 Å². The van der Waals surface area contributed by atoms with Crippen molar-refractivity contribution < 1.29 is 4.39 Å². The highest BCUT2D eigenvalue weighted by Crippen LogP contribution is 2.34. The number of hydrogen-bond acceptors (Lipinski definition) is 0. The van der Waals surface area contributed by atoms with Crippen molar-refractivity contribution in [2.24, 2.45) is 0 Å². The summed E-state index contributed by atoms with van der Waals surface area (Å²) in [5.74, 6) is -0.149. The van der Waals surface area contributed by atoms with Crippen molar-refractivity contribution in [3.05, 3.63) is 72.0 Å². The summed E-state index contributed by atoms with van der Waals surface area (Å²) >= 11 is 0. The van der Waals surface area contributed by atoms with E-state index in [1.165, 1.54) is 5.56 Å². The lowest BCUT2D eigenvalue weighted by Gasteiger charge is -2.10. The molecule has 0 heterocycles. The zero-order valence-corrected chi connectivity index (χ0v) is 11.2. The quantitative estimate of drug-likeness (QED) is 0.361. The fraction of sp³-hybridized carbons (Fsp3) is 0.0526. The predicted octanol–water partition coefficient (Wildman–Crippen LogP) is 5.59. The van der Waals surface area contributed by atoms with E-state index in [0.29, 0.717) is 0 Å². The molecule has 0 nitrogen and oxygen atoms in total. The van der Waals surface area contributed by atoms with Gasteiger partial charge in [-0.15, -0.1) is 0 Å². The second-order valence-corrected chi connectivity index (χ2v) is 5.24. The van der Waals surface area contributed by atoms with Crippen LogP contribution < -0.4 is 0 Å². The topological polar surface area (TPSA) is 0 Å². The summed E-state index contributed by atoms with van der Waals surface area (Å²) < 4.78 is 14.4. The zero-order valence-electron chi connectivity index (χ0n) is 11.2. The lowest BCUT2D eigenvalue weighted by atomic mass is 9.94. The van der Waals surface area contributed by atoms with Crippen LogP contribution in [-0.2, 0) is 0 Å². The van der Waals surface area contributed by atoms with Crippen molar-refractivity contribution in [3.63, 3.8) is 0 Å². The summed E-state index contributed by atoms with van der Waals surface area (Å²) in [7, 11) is 0. The van der Waals surface area contributed by atoms with Gasteiger partial charge in [-0.25, -0.2) is 4.39 Å². The van der Waals surface area contributed by atoms with Gasteiger partial charge in [-0.1, -0.05) is 54.6 Å². The molecule has 0 bridgehead atoms. The molecule has 0 amide bonds. The van der Waals surface area contributed by atoms with Crippen molar-refractivity contribution in [2.75, 3.05) is 0 Å². The summed E-state index contributed by atoms with van der Waals surface area (Å²) in [6, 6.07) is 19.7. The molecule has 0 N–H and O–H groups in total. The largest absolute Gasteiger partial charge is 0.206 e. The van der Waals surface area contributed by atoms with E-state index in [1.807, 2.05) is 18.2 Å². The summed E-state index contributed by atoms with van der Waals surface area (Å²) in [5.41, 5.74) is 1.18. The van der Waals surface area contributed by atoms with Crippen LogP contribution in [0, 0.1) is 12.7 Å². The smallest absolute Gasteiger partial charge is 0.131 e. The van der Waals surface area contributed by atoms with E-state index in [0.717, 1.165) is 32.3 Å². The first-order valence-corrected chi connectivity index (χ1v) is 6.75. The van der Waals surface area contributed by atoms with E-state index in [4.69, 9.17) is 0 Å². The van der Waals surface area contributed by atoms with E-state index in [2.05, 4.69) is 37.3 Å². The number of aryl methyl sites for hydroxylation is 1. The molecule has 0 atom stereocenters. The van der Waals surface area contributed by atoms with E-state index in [9.17, 15) is 4.39 Å². The van der Waals surface area contributed by atoms with Gasteiger partial charge < -0.3 is 0 Å². The molecule has 0 aromatic heterocycles. The Kier molecular flexibility index (Phi) is 2.31. The Morgan fingerprint density at radius 2 is 1.15 bits per heavy atom. The van der Waals surface area contributed by atoms with Crippen LogP contribution in [-0.4, -0.2) is 0 Å². The molecule has 0 aliphatic carbocycles. The summed E-state index contributed by atoms with van der Waals surface area (Å²) in [6.45, 7) is 2.08. The molecule has 0 fully saturated rings. The van der Waals surface area contributed by atoms with Crippen LogP contribution in [0.5, 0.6) is 0 Å². The van der Waals surface area contributed by atoms with Crippen LogP contribution in [0.3, 0.4) is 0 Å². The number of halogens is 1. The van der Waals surface area contributed by atoms with Crippen molar-refractivity contribution in [1.82, 2.24) is 0 Å². The first-order chi connectivity index (χ1) is 9.75. The Morgan fingerprint density at radius 3 is 1.85 bits per heavy atom. The SMILES string of the molecule is Cc1cccc2ccc3ccc4cccc(F)c4c3c12. The second kappa shape index (κ2) is 4.04. The van der Waals surface area contributed by atoms with Gasteiger partial charge in [0.1, 0.15) is 5.82 Å². The van der Waals surface area contributed by atoms with Crippen molar-refractivity contribution in [1.29, 1.82) is 0 Å². The number of fused-ring (bicyclic) bond motifs is 5. The Bertz CT molecular complexity index is 891. The van der Waals surface area contributed by atoms with Gasteiger partial charge in [0.25, 0.3) is 0 Å². The van der Waals surface area contributed by atoms with Gasteiger partial charge in [-0.2, -0.15) is 0 Å². The molecule has 1 heteroatoms. The first kappa shape index (κ1) is 11.4. The summed E-state index contributed by atoms with van der Waals surface area (Å²) in [6.07, 6.45) is 0. The molecule has 0 spiro atoms. The molecule has 0 radical (unpaired) electrons. The molecule has 0 saturated carbocycles. The van der Waals surface area contributed by atoms with Crippen LogP contribution in [0.15, 0.2) is 60.7 Å². The molecule has 20 heavy (non-hydrogen) atoms. The highest BCUT2D eigenvalue weighted by molar-refractivity contribution is 6.21. The summed E-state index contributed by atoms with van der Waals surface area (Å²) in [5, 5.41) is 6.10. The first-order valence-electron chi connectivity index (χ1n) is 6.75. The minimum absolute atomic E-state index is 0.149. The molecule has 0 saturated heterocycles. The van der Waals surface area contributed by atoms with Gasteiger partial charge in [0.05, 0.1) is 0 Å². The summed E-state index contributed by atoms with van der Waals surface area (Å²) in [4.78, 5) is 0. The minimum Gasteiger partial charge on any atom is -0.206 e. The zero-order chi connectivity index (χ0) is 13.7. The molecular formula is C19H13F. The maximum absolute atomic E-state index is 14.4. The van der Waals surface area contributed by atoms with E-state index in [1.54, 1.807) is 12.1 Å². The third kappa shape index (κ3) is 1.47. The highest BCUT2D eigenvalue weighted by Gasteiger charge is 2.10. The molecule has 4 aromatic carbocycles. The number of rotatable bonds is 0. The third-order valence-corrected chi connectivity index (χ3v) is 4.02. The second-order valence-electron chi connectivity index (χ2n) is 5.24. The predicted molar refractivity (Wildman–Crippen MR) is 83.7 cm³/mol. The van der Waals surface area contributed by atoms with Crippen molar-refractivity contribution in [2.45, 2.75) is 6.92 Å². The van der Waals surface area contributed by atoms with E-state index < -0.39 is 0 Å². The van der Waals surface area contributed by atoms with Gasteiger partial charge >= 0.3 is 0 Å². The van der Waals surface area contributed by atoms with Crippen molar-refractivity contribution >= 4 is 32.3 Å². The lowest BCUT2D eigenvalue weighted by molar-refractivity contribution is 0.640. The van der Waals surface area contributed by atoms with E-state index in [-0.39, 0.29) is 5.82 Å². The molecule has 0 aliphatic heterocycles. The standard InChI is InChI=1S/C19H13F/c1-12-4-2-5-13-8-10-15-11-9-14-6-3-7-16(20)18(14)19(15)17(12)13/h2-11H,1H3. The lowest BCUT2D eigenvalue weighted by Crippen LogP contribution is -1.86. The maximum atomic E-state index is 14.4. The van der Waals surface area contributed by atoms with Gasteiger partial charge in [0, 0.05) is 10.8 Å². The third-order valence-electron chi connectivity index (χ3n) is 4.02. The van der Waals surface area contributed by atoms with Crippen LogP contribution in [0.1, 0.15) is 5.56 Å². The monoisotopic (exact) mass is 260 g/mol. The Labute approximate surface area is 116 Å². The fourth-order valence-electron chi connectivity index (χ4n) is 3.11. The maximum Gasteiger partial charge on any atom is 0.131 e. The molecule has 0 aliphatic rings. The van der Waals surface area contributed by atoms with Gasteiger partial charge in [-0.3, -0.25) is 0 Å². The molecule has 96 valence electrons. The normalized spacial score (nSPS) is 11.5.